The first-order valence-electron chi connectivity index (χ1n) is 12.0. The van der Waals surface area contributed by atoms with Gasteiger partial charge in [0.25, 0.3) is 10.0 Å². The smallest absolute Gasteiger partial charge is 0.441 e. The number of nitrogens with zero attached hydrogens (tertiary/aromatic N) is 2. The summed E-state index contributed by atoms with van der Waals surface area (Å²) >= 11 is 6.19. The quantitative estimate of drug-likeness (QED) is 0.214. The van der Waals surface area contributed by atoms with E-state index in [4.69, 9.17) is 16.3 Å². The molecule has 1 aromatic heterocycles. The summed E-state index contributed by atoms with van der Waals surface area (Å²) in [6, 6.07) is 12.2. The molecule has 0 bridgehead atoms. The summed E-state index contributed by atoms with van der Waals surface area (Å²) in [5.41, 5.74) is 0.684. The molecular weight excluding hydrogens is 590 g/mol. The van der Waals surface area contributed by atoms with Crippen LogP contribution in [0.5, 0.6) is 6.01 Å². The van der Waals surface area contributed by atoms with Crippen molar-refractivity contribution in [3.05, 3.63) is 104 Å². The average Bonchev–Trinajstić information content (AvgIpc) is 3.32. The zero-order valence-electron chi connectivity index (χ0n) is 21.1. The molecule has 214 valence electrons. The van der Waals surface area contributed by atoms with Crippen molar-refractivity contribution >= 4 is 39.0 Å². The second-order valence-corrected chi connectivity index (χ2v) is 11.5. The summed E-state index contributed by atoms with van der Waals surface area (Å²) in [4.78, 5) is 13.0. The summed E-state index contributed by atoms with van der Waals surface area (Å²) in [5.74, 6) is -1.42. The van der Waals surface area contributed by atoms with Crippen LogP contribution in [-0.2, 0) is 22.6 Å². The van der Waals surface area contributed by atoms with Crippen molar-refractivity contribution < 1.29 is 35.2 Å². The van der Waals surface area contributed by atoms with Crippen LogP contribution in [0.2, 0.25) is 5.02 Å². The fraction of sp³-hybridized carbons (Fsp3) is 0.185. The van der Waals surface area contributed by atoms with E-state index in [2.05, 4.69) is 14.7 Å². The van der Waals surface area contributed by atoms with E-state index < -0.39 is 44.3 Å². The number of allylic oxidation sites excluding steroid dienone is 1. The number of rotatable bonds is 6. The van der Waals surface area contributed by atoms with Gasteiger partial charge in [0.15, 0.2) is 0 Å². The Morgan fingerprint density at radius 2 is 1.93 bits per heavy atom. The number of hydrogen-bond acceptors (Lipinski definition) is 6. The lowest BCUT2D eigenvalue weighted by Gasteiger charge is -2.35. The van der Waals surface area contributed by atoms with Gasteiger partial charge in [-0.15, -0.1) is 0 Å². The number of fused-ring (bicyclic) bond motifs is 1. The number of aromatic amines is 1. The molecule has 0 aliphatic carbocycles. The highest BCUT2D eigenvalue weighted by molar-refractivity contribution is 7.92. The molecule has 1 aliphatic rings. The van der Waals surface area contributed by atoms with Crippen LogP contribution in [0.1, 0.15) is 29.2 Å². The van der Waals surface area contributed by atoms with Crippen LogP contribution >= 0.6 is 11.6 Å². The molecule has 1 atom stereocenters. The summed E-state index contributed by atoms with van der Waals surface area (Å²) < 4.78 is 93.3. The molecule has 0 spiro atoms. The number of sulfonamides is 1. The van der Waals surface area contributed by atoms with Crippen molar-refractivity contribution in [2.24, 2.45) is 0 Å². The Morgan fingerprint density at radius 3 is 2.61 bits per heavy atom. The molecule has 1 aliphatic heterocycles. The Bertz CT molecular complexity index is 1800. The molecular formula is C27H20ClF4N3O5S. The maximum atomic E-state index is 14.5. The van der Waals surface area contributed by atoms with E-state index in [1.165, 1.54) is 24.3 Å². The van der Waals surface area contributed by atoms with Gasteiger partial charge in [-0.2, -0.15) is 13.2 Å². The molecule has 0 unspecified atom stereocenters. The topological polar surface area (TPSA) is 106 Å². The molecule has 5 rings (SSSR count). The molecule has 8 nitrogen and oxygen atoms in total. The molecule has 0 amide bonds. The van der Waals surface area contributed by atoms with Crippen LogP contribution in [0.4, 0.5) is 23.2 Å². The SMILES string of the molecule is C/C(=C\c1ccc2c(c1)N(S(=O)(=O)c1cccc(C(F)(F)F)c1)C[C@H](Oc1noc(=O)[nH]1)C2)c1c(F)cccc1Cl. The van der Waals surface area contributed by atoms with Gasteiger partial charge < -0.3 is 4.74 Å². The third-order valence-corrected chi connectivity index (χ3v) is 8.47. The normalized spacial score (nSPS) is 16.0. The van der Waals surface area contributed by atoms with Gasteiger partial charge in [-0.3, -0.25) is 8.83 Å². The number of halogens is 5. The number of anilines is 1. The number of nitrogens with one attached hydrogen (secondary N) is 1. The minimum Gasteiger partial charge on any atom is -0.457 e. The van der Waals surface area contributed by atoms with Gasteiger partial charge in [0.2, 0.25) is 0 Å². The highest BCUT2D eigenvalue weighted by atomic mass is 35.5. The number of ether oxygens (including phenoxy) is 1. The van der Waals surface area contributed by atoms with Crippen molar-refractivity contribution in [1.29, 1.82) is 0 Å². The summed E-state index contributed by atoms with van der Waals surface area (Å²) in [7, 11) is -4.55. The molecule has 14 heteroatoms. The van der Waals surface area contributed by atoms with Gasteiger partial charge in [-0.25, -0.2) is 22.6 Å². The van der Waals surface area contributed by atoms with E-state index in [0.29, 0.717) is 22.8 Å². The van der Waals surface area contributed by atoms with Crippen LogP contribution in [0.25, 0.3) is 11.6 Å². The third kappa shape index (κ3) is 5.86. The van der Waals surface area contributed by atoms with E-state index in [9.17, 15) is 30.8 Å². The van der Waals surface area contributed by atoms with Crippen molar-refractivity contribution in [2.45, 2.75) is 30.5 Å². The summed E-state index contributed by atoms with van der Waals surface area (Å²) in [5, 5.41) is 3.62. The van der Waals surface area contributed by atoms with Gasteiger partial charge >= 0.3 is 17.9 Å². The highest BCUT2D eigenvalue weighted by Gasteiger charge is 2.37. The van der Waals surface area contributed by atoms with E-state index in [1.54, 1.807) is 25.1 Å². The van der Waals surface area contributed by atoms with Gasteiger partial charge in [-0.1, -0.05) is 41.9 Å². The van der Waals surface area contributed by atoms with E-state index in [-0.39, 0.29) is 35.2 Å². The second kappa shape index (κ2) is 10.7. The average molecular weight is 610 g/mol. The Labute approximate surface area is 235 Å². The predicted octanol–water partition coefficient (Wildman–Crippen LogP) is 5.93. The minimum atomic E-state index is -4.76. The lowest BCUT2D eigenvalue weighted by atomic mass is 9.97. The van der Waals surface area contributed by atoms with Crippen LogP contribution in [-0.4, -0.2) is 31.2 Å². The summed E-state index contributed by atoms with van der Waals surface area (Å²) in [6.45, 7) is 1.31. The van der Waals surface area contributed by atoms with Crippen molar-refractivity contribution in [1.82, 2.24) is 10.1 Å². The minimum absolute atomic E-state index is 0.168. The van der Waals surface area contributed by atoms with Crippen LogP contribution < -0.4 is 14.8 Å². The number of hydrogen-bond donors (Lipinski definition) is 1. The molecule has 0 saturated heterocycles. The predicted molar refractivity (Wildman–Crippen MR) is 143 cm³/mol. The summed E-state index contributed by atoms with van der Waals surface area (Å²) in [6.07, 6.45) is -3.87. The fourth-order valence-electron chi connectivity index (χ4n) is 4.56. The first-order valence-corrected chi connectivity index (χ1v) is 13.8. The Kier molecular flexibility index (Phi) is 7.43. The third-order valence-electron chi connectivity index (χ3n) is 6.38. The highest BCUT2D eigenvalue weighted by Crippen LogP contribution is 2.37. The standard InChI is InChI=1S/C27H20ClF4N3O5S/c1-15(24-21(28)6-3-7-22(24)29)10-16-8-9-17-12-19(39-25-33-26(36)40-34-25)14-35(23(17)11-16)41(37,38)20-5-2-4-18(13-20)27(30,31)32/h2-11,13,19H,12,14H2,1H3,(H,33,34,36)/b15-10+/t19-/m1/s1. The maximum absolute atomic E-state index is 14.5. The van der Waals surface area contributed by atoms with E-state index in [1.807, 2.05) is 0 Å². The van der Waals surface area contributed by atoms with Crippen LogP contribution in [0, 0.1) is 5.82 Å². The van der Waals surface area contributed by atoms with Crippen molar-refractivity contribution in [3.63, 3.8) is 0 Å². The van der Waals surface area contributed by atoms with Gasteiger partial charge in [0.05, 0.1) is 27.7 Å². The molecule has 4 aromatic rings. The van der Waals surface area contributed by atoms with Gasteiger partial charge in [0, 0.05) is 12.0 Å². The molecule has 0 radical (unpaired) electrons. The van der Waals surface area contributed by atoms with E-state index >= 15 is 0 Å². The van der Waals surface area contributed by atoms with Crippen LogP contribution in [0.3, 0.4) is 0 Å². The largest absolute Gasteiger partial charge is 0.457 e. The van der Waals surface area contributed by atoms with Crippen molar-refractivity contribution in [3.8, 4) is 6.01 Å². The molecule has 0 fully saturated rings. The van der Waals surface area contributed by atoms with E-state index in [0.717, 1.165) is 22.5 Å². The molecule has 1 N–H and O–H groups in total. The van der Waals surface area contributed by atoms with Gasteiger partial charge in [-0.05, 0) is 65.2 Å². The zero-order valence-corrected chi connectivity index (χ0v) is 22.6. The molecule has 3 aromatic carbocycles. The number of H-pyrrole nitrogens is 1. The Hall–Kier alpha value is -4.10. The Morgan fingerprint density at radius 1 is 1.17 bits per heavy atom. The first-order chi connectivity index (χ1) is 19.3. The lowest BCUT2D eigenvalue weighted by molar-refractivity contribution is -0.137. The monoisotopic (exact) mass is 609 g/mol. The second-order valence-electron chi connectivity index (χ2n) is 9.22. The first kappa shape index (κ1) is 28.4. The van der Waals surface area contributed by atoms with Gasteiger partial charge in [0.1, 0.15) is 11.9 Å². The number of benzene rings is 3. The number of aromatic nitrogens is 2. The molecule has 41 heavy (non-hydrogen) atoms. The van der Waals surface area contributed by atoms with Crippen molar-refractivity contribution in [2.75, 3.05) is 10.8 Å². The molecule has 0 saturated carbocycles. The van der Waals surface area contributed by atoms with Crippen LogP contribution in [0.15, 0.2) is 74.9 Å². The molecule has 2 heterocycles. The maximum Gasteiger partial charge on any atom is 0.441 e. The Balaban J connectivity index is 1.59. The number of alkyl halides is 3. The fourth-order valence-corrected chi connectivity index (χ4v) is 6.44. The lowest BCUT2D eigenvalue weighted by Crippen LogP contribution is -2.45. The zero-order chi connectivity index (χ0) is 29.5.